The molecule has 9 aromatic carbocycles. The monoisotopic (exact) mass is 700 g/mol. The van der Waals surface area contributed by atoms with E-state index >= 15 is 0 Å². The van der Waals surface area contributed by atoms with Crippen LogP contribution >= 0.6 is 0 Å². The summed E-state index contributed by atoms with van der Waals surface area (Å²) in [7, 11) is 0. The van der Waals surface area contributed by atoms with Crippen molar-refractivity contribution in [3.63, 3.8) is 0 Å². The molecule has 0 saturated carbocycles. The van der Waals surface area contributed by atoms with Crippen molar-refractivity contribution >= 4 is 54.4 Å². The van der Waals surface area contributed by atoms with E-state index in [0.717, 1.165) is 50.5 Å². The molecule has 0 amide bonds. The van der Waals surface area contributed by atoms with Crippen LogP contribution in [0.3, 0.4) is 0 Å². The maximum atomic E-state index is 6.99. The first-order valence-corrected chi connectivity index (χ1v) is 18.8. The number of hydrogen-bond donors (Lipinski definition) is 0. The Labute approximate surface area is 317 Å². The van der Waals surface area contributed by atoms with Crippen LogP contribution < -0.4 is 4.74 Å². The molecule has 3 nitrogen and oxygen atoms in total. The van der Waals surface area contributed by atoms with E-state index in [-0.39, 0.29) is 0 Å². The standard InChI is InChI=1S/C52H32N2O/c1-3-12-33(13-4-1)34-22-26-38(27-23-34)54-46-21-10-8-17-43(46)51-44-19-11-18-42-41-29-25-36(31-49(41)55-50(52(42)44)32-48(51)54)35-24-28-40-39-16-7-9-20-45(39)53(47(40)30-35)37-14-5-2-6-15-37/h1-32H. The Morgan fingerprint density at radius 1 is 0.291 bits per heavy atom. The van der Waals surface area contributed by atoms with Crippen LogP contribution in [-0.4, -0.2) is 9.13 Å². The number of fused-ring (bicyclic) bond motifs is 9. The summed E-state index contributed by atoms with van der Waals surface area (Å²) >= 11 is 0. The SMILES string of the molecule is c1ccc(-c2ccc(-n3c4ccccc4c4c5cccc6c5c(cc43)Oc3cc(-c4ccc5c7ccccc7n(-c7ccccc7)c5c4)ccc3-6)cc2)cc1. The molecule has 0 unspecified atom stereocenters. The zero-order valence-corrected chi connectivity index (χ0v) is 29.8. The fraction of sp³-hybridized carbons (Fsp3) is 0. The first-order chi connectivity index (χ1) is 27.3. The summed E-state index contributed by atoms with van der Waals surface area (Å²) in [4.78, 5) is 0. The smallest absolute Gasteiger partial charge is 0.138 e. The average Bonchev–Trinajstić information content (AvgIpc) is 3.77. The molecule has 0 saturated heterocycles. The number of ether oxygens (including phenoxy) is 1. The molecule has 0 spiro atoms. The quantitative estimate of drug-likeness (QED) is 0.179. The number of para-hydroxylation sites is 3. The van der Waals surface area contributed by atoms with Crippen molar-refractivity contribution in [3.8, 4) is 56.3 Å². The van der Waals surface area contributed by atoms with Crippen LogP contribution in [0, 0.1) is 0 Å². The predicted octanol–water partition coefficient (Wildman–Crippen LogP) is 14.1. The fourth-order valence-electron chi connectivity index (χ4n) is 9.05. The largest absolute Gasteiger partial charge is 0.456 e. The van der Waals surface area contributed by atoms with Crippen molar-refractivity contribution in [1.82, 2.24) is 9.13 Å². The van der Waals surface area contributed by atoms with Gasteiger partial charge in [-0.3, -0.25) is 0 Å². The molecule has 0 atom stereocenters. The highest BCUT2D eigenvalue weighted by Crippen LogP contribution is 2.51. The summed E-state index contributed by atoms with van der Waals surface area (Å²) in [6.45, 7) is 0. The third-order valence-electron chi connectivity index (χ3n) is 11.5. The minimum Gasteiger partial charge on any atom is -0.456 e. The number of hydrogen-bond acceptors (Lipinski definition) is 1. The van der Waals surface area contributed by atoms with Crippen molar-refractivity contribution < 1.29 is 4.74 Å². The van der Waals surface area contributed by atoms with Crippen molar-refractivity contribution in [2.24, 2.45) is 0 Å². The van der Waals surface area contributed by atoms with Gasteiger partial charge in [0.25, 0.3) is 0 Å². The lowest BCUT2D eigenvalue weighted by molar-refractivity contribution is 0.488. The van der Waals surface area contributed by atoms with E-state index in [0.29, 0.717) is 0 Å². The van der Waals surface area contributed by atoms with Gasteiger partial charge in [0.1, 0.15) is 11.5 Å². The molecule has 55 heavy (non-hydrogen) atoms. The molecular weight excluding hydrogens is 669 g/mol. The van der Waals surface area contributed by atoms with Crippen LogP contribution in [0.15, 0.2) is 194 Å². The maximum absolute atomic E-state index is 6.99. The van der Waals surface area contributed by atoms with Gasteiger partial charge < -0.3 is 13.9 Å². The van der Waals surface area contributed by atoms with E-state index in [2.05, 4.69) is 203 Å². The van der Waals surface area contributed by atoms with Crippen LogP contribution in [0.1, 0.15) is 0 Å². The molecule has 1 aliphatic heterocycles. The minimum absolute atomic E-state index is 0.871. The van der Waals surface area contributed by atoms with Crippen LogP contribution in [0.5, 0.6) is 11.5 Å². The Morgan fingerprint density at radius 3 is 1.69 bits per heavy atom. The van der Waals surface area contributed by atoms with Gasteiger partial charge in [-0.15, -0.1) is 0 Å². The van der Waals surface area contributed by atoms with Crippen LogP contribution in [0.25, 0.3) is 99.1 Å². The minimum atomic E-state index is 0.871. The van der Waals surface area contributed by atoms with E-state index in [1.807, 2.05) is 0 Å². The van der Waals surface area contributed by atoms with Crippen molar-refractivity contribution in [1.29, 1.82) is 0 Å². The molecule has 256 valence electrons. The number of benzene rings is 9. The second-order valence-corrected chi connectivity index (χ2v) is 14.5. The molecule has 1 aliphatic rings. The van der Waals surface area contributed by atoms with Gasteiger partial charge in [0.15, 0.2) is 0 Å². The summed E-state index contributed by atoms with van der Waals surface area (Å²) in [6, 6.07) is 70.0. The summed E-state index contributed by atoms with van der Waals surface area (Å²) < 4.78 is 11.8. The maximum Gasteiger partial charge on any atom is 0.138 e. The highest BCUT2D eigenvalue weighted by molar-refractivity contribution is 6.25. The summed E-state index contributed by atoms with van der Waals surface area (Å²) in [5.74, 6) is 1.75. The van der Waals surface area contributed by atoms with Crippen LogP contribution in [0.4, 0.5) is 0 Å². The normalized spacial score (nSPS) is 12.1. The highest BCUT2D eigenvalue weighted by Gasteiger charge is 2.25. The zero-order valence-electron chi connectivity index (χ0n) is 29.8. The van der Waals surface area contributed by atoms with Gasteiger partial charge in [-0.05, 0) is 87.8 Å². The Kier molecular flexibility index (Phi) is 6.34. The molecular formula is C52H32N2O. The molecule has 0 aliphatic carbocycles. The lowest BCUT2D eigenvalue weighted by Gasteiger charge is -2.23. The third kappa shape index (κ3) is 4.44. The Balaban J connectivity index is 1.02. The molecule has 2 aromatic heterocycles. The first-order valence-electron chi connectivity index (χ1n) is 18.8. The lowest BCUT2D eigenvalue weighted by atomic mass is 9.91. The van der Waals surface area contributed by atoms with Gasteiger partial charge in [0.05, 0.1) is 22.1 Å². The van der Waals surface area contributed by atoms with E-state index in [4.69, 9.17) is 4.74 Å². The summed E-state index contributed by atoms with van der Waals surface area (Å²) in [5, 5.41) is 7.34. The Morgan fingerprint density at radius 2 is 0.873 bits per heavy atom. The highest BCUT2D eigenvalue weighted by atomic mass is 16.5. The summed E-state index contributed by atoms with van der Waals surface area (Å²) in [6.07, 6.45) is 0. The van der Waals surface area contributed by atoms with E-state index in [9.17, 15) is 0 Å². The zero-order chi connectivity index (χ0) is 36.0. The molecule has 0 radical (unpaired) electrons. The molecule has 12 rings (SSSR count). The molecule has 0 bridgehead atoms. The van der Waals surface area contributed by atoms with Gasteiger partial charge in [0, 0.05) is 49.9 Å². The van der Waals surface area contributed by atoms with Gasteiger partial charge in [-0.2, -0.15) is 0 Å². The van der Waals surface area contributed by atoms with E-state index in [1.54, 1.807) is 0 Å². The van der Waals surface area contributed by atoms with Crippen LogP contribution in [-0.2, 0) is 0 Å². The molecule has 0 fully saturated rings. The Hall–Kier alpha value is -7.36. The van der Waals surface area contributed by atoms with Gasteiger partial charge in [-0.1, -0.05) is 133 Å². The van der Waals surface area contributed by atoms with Crippen LogP contribution in [0.2, 0.25) is 0 Å². The lowest BCUT2D eigenvalue weighted by Crippen LogP contribution is -1.99. The van der Waals surface area contributed by atoms with Gasteiger partial charge in [0.2, 0.25) is 0 Å². The molecule has 0 N–H and O–H groups in total. The van der Waals surface area contributed by atoms with Gasteiger partial charge >= 0.3 is 0 Å². The topological polar surface area (TPSA) is 19.1 Å². The third-order valence-corrected chi connectivity index (χ3v) is 11.5. The van der Waals surface area contributed by atoms with Crippen molar-refractivity contribution in [2.45, 2.75) is 0 Å². The predicted molar refractivity (Wildman–Crippen MR) is 229 cm³/mol. The second-order valence-electron chi connectivity index (χ2n) is 14.5. The first kappa shape index (κ1) is 30.1. The van der Waals surface area contributed by atoms with Crippen molar-refractivity contribution in [3.05, 3.63) is 194 Å². The van der Waals surface area contributed by atoms with E-state index in [1.165, 1.54) is 60.2 Å². The molecule has 3 heterocycles. The Bertz CT molecular complexity index is 3320. The van der Waals surface area contributed by atoms with Crippen molar-refractivity contribution in [2.75, 3.05) is 0 Å². The average molecular weight is 701 g/mol. The number of nitrogens with zero attached hydrogens (tertiary/aromatic N) is 2. The summed E-state index contributed by atoms with van der Waals surface area (Å²) in [5.41, 5.74) is 14.0. The van der Waals surface area contributed by atoms with E-state index < -0.39 is 0 Å². The molecule has 11 aromatic rings. The second kappa shape index (κ2) is 11.6. The number of rotatable bonds is 4. The fourth-order valence-corrected chi connectivity index (χ4v) is 9.05. The van der Waals surface area contributed by atoms with Gasteiger partial charge in [-0.25, -0.2) is 0 Å². The number of aromatic nitrogens is 2. The molecule has 3 heteroatoms.